The smallest absolute Gasteiger partial charge is 0.410 e. The minimum atomic E-state index is -0.491. The van der Waals surface area contributed by atoms with Crippen molar-refractivity contribution in [2.24, 2.45) is 17.8 Å². The first-order valence-electron chi connectivity index (χ1n) is 10.4. The number of carbonyl (C=O) groups is 2. The molecule has 1 amide bonds. The summed E-state index contributed by atoms with van der Waals surface area (Å²) in [7, 11) is 0. The zero-order valence-electron chi connectivity index (χ0n) is 18.2. The van der Waals surface area contributed by atoms with Crippen LogP contribution in [0.25, 0.3) is 5.65 Å². The van der Waals surface area contributed by atoms with Gasteiger partial charge in [-0.2, -0.15) is 0 Å². The van der Waals surface area contributed by atoms with E-state index in [2.05, 4.69) is 23.2 Å². The van der Waals surface area contributed by atoms with E-state index in [0.29, 0.717) is 25.3 Å². The summed E-state index contributed by atoms with van der Waals surface area (Å²) in [5.74, 6) is 0.953. The number of piperidine rings is 1. The van der Waals surface area contributed by atoms with Crippen molar-refractivity contribution in [3.05, 3.63) is 35.8 Å². The van der Waals surface area contributed by atoms with Crippen LogP contribution in [0.15, 0.2) is 24.4 Å². The van der Waals surface area contributed by atoms with E-state index in [4.69, 9.17) is 4.74 Å². The molecule has 6 nitrogen and oxygen atoms in total. The van der Waals surface area contributed by atoms with Gasteiger partial charge >= 0.3 is 6.09 Å². The van der Waals surface area contributed by atoms with E-state index in [-0.39, 0.29) is 29.3 Å². The number of aromatic nitrogens is 2. The Morgan fingerprint density at radius 3 is 2.41 bits per heavy atom. The van der Waals surface area contributed by atoms with E-state index >= 15 is 0 Å². The quantitative estimate of drug-likeness (QED) is 0.782. The third-order valence-electron chi connectivity index (χ3n) is 6.18. The Hall–Kier alpha value is -2.37. The number of amides is 1. The molecule has 2 fully saturated rings. The molecule has 2 aliphatic rings. The Balaban J connectivity index is 1.41. The van der Waals surface area contributed by atoms with Gasteiger partial charge in [0.2, 0.25) is 0 Å². The van der Waals surface area contributed by atoms with Crippen LogP contribution in [0.5, 0.6) is 0 Å². The maximum atomic E-state index is 13.1. The number of Topliss-reactive ketones (excluding diaryl/α,β-unsaturated/α-hetero) is 1. The van der Waals surface area contributed by atoms with E-state index in [0.717, 1.165) is 17.0 Å². The fraction of sp³-hybridized carbons (Fsp3) is 0.609. The van der Waals surface area contributed by atoms with Crippen LogP contribution in [0.1, 0.15) is 52.4 Å². The summed E-state index contributed by atoms with van der Waals surface area (Å²) < 4.78 is 7.56. The van der Waals surface area contributed by atoms with Crippen LogP contribution in [0.4, 0.5) is 4.79 Å². The van der Waals surface area contributed by atoms with Gasteiger partial charge in [0.25, 0.3) is 0 Å². The first-order valence-corrected chi connectivity index (χ1v) is 10.4. The standard InChI is InChI=1S/C23H31N3O3/c1-14-20(26-10-8-7-9-18(26)24-14)23(5,6)11-17(27)19-15-12-25(13-16(15)19)21(28)29-22(2,3)4/h7-10,15-16,19H,11-13H2,1-6H3/t15-,16+,19?. The van der Waals surface area contributed by atoms with Crippen molar-refractivity contribution in [2.45, 2.75) is 59.0 Å². The second-order valence-electron chi connectivity index (χ2n) is 10.2. The number of fused-ring (bicyclic) bond motifs is 2. The molecule has 0 N–H and O–H groups in total. The van der Waals surface area contributed by atoms with Crippen LogP contribution >= 0.6 is 0 Å². The number of imidazole rings is 1. The number of pyridine rings is 1. The second kappa shape index (κ2) is 6.57. The lowest BCUT2D eigenvalue weighted by Gasteiger charge is -2.27. The number of hydrogen-bond acceptors (Lipinski definition) is 4. The maximum absolute atomic E-state index is 13.1. The van der Waals surface area contributed by atoms with E-state index in [1.807, 2.05) is 52.1 Å². The molecule has 2 aromatic rings. The van der Waals surface area contributed by atoms with Crippen LogP contribution in [0.3, 0.4) is 0 Å². The highest BCUT2D eigenvalue weighted by Gasteiger charge is 2.60. The lowest BCUT2D eigenvalue weighted by Crippen LogP contribution is -2.37. The molecule has 1 unspecified atom stereocenters. The van der Waals surface area contributed by atoms with E-state index in [1.54, 1.807) is 4.90 Å². The summed E-state index contributed by atoms with van der Waals surface area (Å²) in [6, 6.07) is 5.96. The molecule has 1 saturated heterocycles. The number of rotatable bonds is 4. The summed E-state index contributed by atoms with van der Waals surface area (Å²) in [5.41, 5.74) is 2.19. The predicted molar refractivity (Wildman–Crippen MR) is 111 cm³/mol. The molecule has 156 valence electrons. The summed E-state index contributed by atoms with van der Waals surface area (Å²) in [4.78, 5) is 31.8. The van der Waals surface area contributed by atoms with Crippen molar-refractivity contribution in [1.82, 2.24) is 14.3 Å². The molecule has 3 atom stereocenters. The average Bonchev–Trinajstić information content (AvgIpc) is 2.94. The second-order valence-corrected chi connectivity index (χ2v) is 10.2. The molecule has 29 heavy (non-hydrogen) atoms. The van der Waals surface area contributed by atoms with Gasteiger partial charge in [-0.15, -0.1) is 0 Å². The monoisotopic (exact) mass is 397 g/mol. The largest absolute Gasteiger partial charge is 0.444 e. The molecule has 3 heterocycles. The summed E-state index contributed by atoms with van der Waals surface area (Å²) in [5, 5.41) is 0. The highest BCUT2D eigenvalue weighted by atomic mass is 16.6. The molecule has 1 aliphatic heterocycles. The molecular formula is C23H31N3O3. The SMILES string of the molecule is Cc1nc2ccccn2c1C(C)(C)CC(=O)C1[C@H]2CN(C(=O)OC(C)(C)C)C[C@@H]12. The molecule has 0 aromatic carbocycles. The number of hydrogen-bond donors (Lipinski definition) is 0. The Bertz CT molecular complexity index is 957. The molecule has 0 bridgehead atoms. The van der Waals surface area contributed by atoms with Crippen molar-refractivity contribution < 1.29 is 14.3 Å². The maximum Gasteiger partial charge on any atom is 0.410 e. The number of ether oxygens (including phenoxy) is 1. The molecule has 2 aromatic heterocycles. The average molecular weight is 398 g/mol. The van der Waals surface area contributed by atoms with Crippen molar-refractivity contribution in [2.75, 3.05) is 13.1 Å². The number of carbonyl (C=O) groups excluding carboxylic acids is 2. The van der Waals surface area contributed by atoms with Crippen molar-refractivity contribution >= 4 is 17.5 Å². The lowest BCUT2D eigenvalue weighted by molar-refractivity contribution is -0.122. The summed E-state index contributed by atoms with van der Waals surface area (Å²) >= 11 is 0. The van der Waals surface area contributed by atoms with Gasteiger partial charge in [-0.25, -0.2) is 9.78 Å². The molecule has 4 rings (SSSR count). The van der Waals surface area contributed by atoms with Crippen LogP contribution in [0.2, 0.25) is 0 Å². The topological polar surface area (TPSA) is 63.9 Å². The number of nitrogens with zero attached hydrogens (tertiary/aromatic N) is 3. The van der Waals surface area contributed by atoms with E-state index in [9.17, 15) is 9.59 Å². The van der Waals surface area contributed by atoms with Gasteiger partial charge in [-0.1, -0.05) is 19.9 Å². The minimum Gasteiger partial charge on any atom is -0.444 e. The van der Waals surface area contributed by atoms with Crippen molar-refractivity contribution in [3.8, 4) is 0 Å². The summed E-state index contributed by atoms with van der Waals surface area (Å²) in [6.07, 6.45) is 2.24. The molecule has 1 aliphatic carbocycles. The highest BCUT2D eigenvalue weighted by molar-refractivity contribution is 5.86. The van der Waals surface area contributed by atoms with Crippen LogP contribution in [0, 0.1) is 24.7 Å². The highest BCUT2D eigenvalue weighted by Crippen LogP contribution is 2.53. The Morgan fingerprint density at radius 2 is 1.79 bits per heavy atom. The van der Waals surface area contributed by atoms with Gasteiger partial charge < -0.3 is 14.0 Å². The molecule has 6 heteroatoms. The molecule has 0 radical (unpaired) electrons. The molecule has 0 spiro atoms. The van der Waals surface area contributed by atoms with Crippen LogP contribution < -0.4 is 0 Å². The number of ketones is 1. The normalized spacial score (nSPS) is 23.9. The van der Waals surface area contributed by atoms with Crippen LogP contribution in [-0.4, -0.2) is 44.9 Å². The Morgan fingerprint density at radius 1 is 1.14 bits per heavy atom. The zero-order valence-corrected chi connectivity index (χ0v) is 18.2. The van der Waals surface area contributed by atoms with E-state index < -0.39 is 5.60 Å². The lowest BCUT2D eigenvalue weighted by atomic mass is 9.81. The summed E-state index contributed by atoms with van der Waals surface area (Å²) in [6.45, 7) is 13.1. The number of likely N-dealkylation sites (tertiary alicyclic amines) is 1. The number of aryl methyl sites for hydroxylation is 1. The van der Waals surface area contributed by atoms with Gasteiger partial charge in [-0.05, 0) is 51.7 Å². The fourth-order valence-electron chi connectivity index (χ4n) is 5.05. The first-order chi connectivity index (χ1) is 13.5. The van der Waals surface area contributed by atoms with Crippen molar-refractivity contribution in [3.63, 3.8) is 0 Å². The minimum absolute atomic E-state index is 0.0763. The van der Waals surface area contributed by atoms with Gasteiger partial charge in [0.1, 0.15) is 17.0 Å². The first kappa shape index (κ1) is 19.9. The van der Waals surface area contributed by atoms with Gasteiger partial charge in [0.05, 0.1) is 11.4 Å². The van der Waals surface area contributed by atoms with E-state index in [1.165, 1.54) is 0 Å². The third kappa shape index (κ3) is 3.65. The fourth-order valence-corrected chi connectivity index (χ4v) is 5.05. The van der Waals surface area contributed by atoms with Gasteiger partial charge in [-0.3, -0.25) is 4.79 Å². The molecular weight excluding hydrogens is 366 g/mol. The Kier molecular flexibility index (Phi) is 4.52. The predicted octanol–water partition coefficient (Wildman–Crippen LogP) is 3.99. The third-order valence-corrected chi connectivity index (χ3v) is 6.18. The zero-order chi connectivity index (χ0) is 21.1. The molecule has 1 saturated carbocycles. The van der Waals surface area contributed by atoms with Gasteiger partial charge in [0.15, 0.2) is 0 Å². The van der Waals surface area contributed by atoms with Crippen molar-refractivity contribution in [1.29, 1.82) is 0 Å². The van der Waals surface area contributed by atoms with Crippen LogP contribution in [-0.2, 0) is 14.9 Å². The van der Waals surface area contributed by atoms with Gasteiger partial charge in [0, 0.05) is 37.0 Å². The Labute approximate surface area is 172 Å².